The van der Waals surface area contributed by atoms with Crippen LogP contribution in [0.3, 0.4) is 0 Å². The van der Waals surface area contributed by atoms with Crippen molar-refractivity contribution in [3.63, 3.8) is 0 Å². The molecule has 0 aliphatic carbocycles. The smallest absolute Gasteiger partial charge is 0.259 e. The lowest BCUT2D eigenvalue weighted by atomic mass is 10.2. The number of aryl methyl sites for hydroxylation is 1. The first-order valence-electron chi connectivity index (χ1n) is 6.39. The Balaban J connectivity index is 2.29. The molecule has 0 spiro atoms. The van der Waals surface area contributed by atoms with Crippen molar-refractivity contribution in [2.24, 2.45) is 0 Å². The van der Waals surface area contributed by atoms with Gasteiger partial charge in [-0.25, -0.2) is 0 Å². The molecule has 0 saturated heterocycles. The van der Waals surface area contributed by atoms with Gasteiger partial charge in [-0.15, -0.1) is 0 Å². The third kappa shape index (κ3) is 3.21. The predicted molar refractivity (Wildman–Crippen MR) is 77.3 cm³/mol. The first-order chi connectivity index (χ1) is 9.72. The van der Waals surface area contributed by atoms with Crippen molar-refractivity contribution in [1.29, 1.82) is 5.26 Å². The Bertz CT molecular complexity index is 614. The number of nitriles is 1. The summed E-state index contributed by atoms with van der Waals surface area (Å²) < 4.78 is 0. The number of hydrogen-bond donors (Lipinski definition) is 0. The van der Waals surface area contributed by atoms with Crippen LogP contribution >= 0.6 is 0 Å². The summed E-state index contributed by atoms with van der Waals surface area (Å²) in [6, 6.07) is 15.0. The van der Waals surface area contributed by atoms with Crippen molar-refractivity contribution in [2.75, 3.05) is 11.4 Å². The Labute approximate surface area is 118 Å². The second kappa shape index (κ2) is 6.48. The number of benzene rings is 1. The van der Waals surface area contributed by atoms with E-state index >= 15 is 0 Å². The number of hydrogen-bond acceptors (Lipinski definition) is 3. The van der Waals surface area contributed by atoms with Crippen LogP contribution in [0.1, 0.15) is 22.5 Å². The highest BCUT2D eigenvalue weighted by Crippen LogP contribution is 2.17. The first kappa shape index (κ1) is 13.8. The summed E-state index contributed by atoms with van der Waals surface area (Å²) in [7, 11) is 0. The molecule has 1 aromatic carbocycles. The Morgan fingerprint density at radius 3 is 2.60 bits per heavy atom. The van der Waals surface area contributed by atoms with Crippen LogP contribution in [-0.2, 0) is 0 Å². The number of nitrogens with zero attached hydrogens (tertiary/aromatic N) is 3. The van der Waals surface area contributed by atoms with E-state index in [4.69, 9.17) is 5.26 Å². The maximum atomic E-state index is 12.5. The van der Waals surface area contributed by atoms with Crippen molar-refractivity contribution in [3.05, 3.63) is 59.9 Å². The summed E-state index contributed by atoms with van der Waals surface area (Å²) in [4.78, 5) is 18.3. The van der Waals surface area contributed by atoms with Gasteiger partial charge in [0, 0.05) is 24.1 Å². The average molecular weight is 265 g/mol. The van der Waals surface area contributed by atoms with Crippen LogP contribution in [0.25, 0.3) is 0 Å². The topological polar surface area (TPSA) is 57.0 Å². The van der Waals surface area contributed by atoms with Crippen LogP contribution in [0.5, 0.6) is 0 Å². The minimum atomic E-state index is -0.140. The number of pyridine rings is 1. The van der Waals surface area contributed by atoms with Gasteiger partial charge in [-0.3, -0.25) is 9.78 Å². The van der Waals surface area contributed by atoms with E-state index in [-0.39, 0.29) is 5.91 Å². The van der Waals surface area contributed by atoms with Gasteiger partial charge >= 0.3 is 0 Å². The van der Waals surface area contributed by atoms with E-state index in [9.17, 15) is 4.79 Å². The molecule has 0 aliphatic rings. The molecule has 1 heterocycles. The van der Waals surface area contributed by atoms with Gasteiger partial charge in [0.15, 0.2) is 0 Å². The number of para-hydroxylation sites is 1. The molecule has 0 saturated carbocycles. The summed E-state index contributed by atoms with van der Waals surface area (Å²) in [5, 5.41) is 8.75. The summed E-state index contributed by atoms with van der Waals surface area (Å²) in [5.74, 6) is -0.140. The third-order valence-corrected chi connectivity index (χ3v) is 2.92. The monoisotopic (exact) mass is 265 g/mol. The number of carbonyl (C=O) groups excluding carboxylic acids is 1. The van der Waals surface area contributed by atoms with E-state index in [1.165, 1.54) is 0 Å². The van der Waals surface area contributed by atoms with Crippen LogP contribution in [0.4, 0.5) is 5.69 Å². The molecular weight excluding hydrogens is 250 g/mol. The second-order valence-corrected chi connectivity index (χ2v) is 4.39. The molecule has 1 amide bonds. The minimum absolute atomic E-state index is 0.140. The van der Waals surface area contributed by atoms with Crippen molar-refractivity contribution in [1.82, 2.24) is 4.98 Å². The van der Waals surface area contributed by atoms with E-state index in [0.29, 0.717) is 18.5 Å². The number of rotatable bonds is 4. The molecule has 20 heavy (non-hydrogen) atoms. The molecule has 1 aromatic heterocycles. The molecule has 0 unspecified atom stereocenters. The fourth-order valence-electron chi connectivity index (χ4n) is 1.87. The van der Waals surface area contributed by atoms with Crippen LogP contribution in [0.15, 0.2) is 48.7 Å². The number of aromatic nitrogens is 1. The lowest BCUT2D eigenvalue weighted by Crippen LogP contribution is -2.31. The standard InChI is InChI=1S/C16H15N3O/c1-13-8-9-14(12-18-13)16(20)19(11-5-10-17)15-6-3-2-4-7-15/h2-4,6-9,12H,5,11H2,1H3. The molecule has 4 heteroatoms. The molecule has 4 nitrogen and oxygen atoms in total. The van der Waals surface area contributed by atoms with E-state index in [1.54, 1.807) is 23.2 Å². The number of anilines is 1. The number of carbonyl (C=O) groups is 1. The van der Waals surface area contributed by atoms with Crippen molar-refractivity contribution >= 4 is 11.6 Å². The fraction of sp³-hybridized carbons (Fsp3) is 0.188. The lowest BCUT2D eigenvalue weighted by molar-refractivity contribution is 0.0987. The molecule has 0 aliphatic heterocycles. The largest absolute Gasteiger partial charge is 0.307 e. The quantitative estimate of drug-likeness (QED) is 0.854. The van der Waals surface area contributed by atoms with Gasteiger partial charge in [-0.05, 0) is 31.2 Å². The molecule has 0 bridgehead atoms. The molecular formula is C16H15N3O. The third-order valence-electron chi connectivity index (χ3n) is 2.92. The van der Waals surface area contributed by atoms with Gasteiger partial charge in [0.2, 0.25) is 0 Å². The maximum Gasteiger partial charge on any atom is 0.259 e. The highest BCUT2D eigenvalue weighted by molar-refractivity contribution is 6.05. The minimum Gasteiger partial charge on any atom is -0.307 e. The van der Waals surface area contributed by atoms with E-state index in [0.717, 1.165) is 11.4 Å². The Morgan fingerprint density at radius 2 is 2.00 bits per heavy atom. The van der Waals surface area contributed by atoms with E-state index in [2.05, 4.69) is 11.1 Å². The van der Waals surface area contributed by atoms with Gasteiger partial charge in [-0.2, -0.15) is 5.26 Å². The molecule has 0 atom stereocenters. The van der Waals surface area contributed by atoms with Gasteiger partial charge in [-0.1, -0.05) is 18.2 Å². The summed E-state index contributed by atoms with van der Waals surface area (Å²) in [6.45, 7) is 2.24. The normalized spacial score (nSPS) is 9.80. The summed E-state index contributed by atoms with van der Waals surface area (Å²) in [5.41, 5.74) is 2.18. The Hall–Kier alpha value is -2.67. The molecule has 100 valence electrons. The molecule has 0 N–H and O–H groups in total. The Morgan fingerprint density at radius 1 is 1.25 bits per heavy atom. The SMILES string of the molecule is Cc1ccc(C(=O)N(CCC#N)c2ccccc2)cn1. The molecule has 2 rings (SSSR count). The zero-order chi connectivity index (χ0) is 14.4. The van der Waals surface area contributed by atoms with Crippen LogP contribution < -0.4 is 4.90 Å². The van der Waals surface area contributed by atoms with Crippen LogP contribution in [-0.4, -0.2) is 17.4 Å². The molecule has 2 aromatic rings. The van der Waals surface area contributed by atoms with Crippen molar-refractivity contribution in [2.45, 2.75) is 13.3 Å². The zero-order valence-corrected chi connectivity index (χ0v) is 11.3. The summed E-state index contributed by atoms with van der Waals surface area (Å²) >= 11 is 0. The molecule has 0 radical (unpaired) electrons. The fourth-order valence-corrected chi connectivity index (χ4v) is 1.87. The number of amides is 1. The van der Waals surface area contributed by atoms with Gasteiger partial charge in [0.25, 0.3) is 5.91 Å². The predicted octanol–water partition coefficient (Wildman–Crippen LogP) is 2.95. The Kier molecular flexibility index (Phi) is 4.46. The van der Waals surface area contributed by atoms with Gasteiger partial charge < -0.3 is 4.90 Å². The average Bonchev–Trinajstić information content (AvgIpc) is 2.49. The second-order valence-electron chi connectivity index (χ2n) is 4.39. The van der Waals surface area contributed by atoms with E-state index in [1.807, 2.05) is 37.3 Å². The highest BCUT2D eigenvalue weighted by Gasteiger charge is 2.17. The van der Waals surface area contributed by atoms with Gasteiger partial charge in [0.1, 0.15) is 0 Å². The van der Waals surface area contributed by atoms with Crippen molar-refractivity contribution < 1.29 is 4.79 Å². The van der Waals surface area contributed by atoms with Crippen molar-refractivity contribution in [3.8, 4) is 6.07 Å². The lowest BCUT2D eigenvalue weighted by Gasteiger charge is -2.21. The van der Waals surface area contributed by atoms with Crippen LogP contribution in [0.2, 0.25) is 0 Å². The van der Waals surface area contributed by atoms with Crippen LogP contribution in [0, 0.1) is 18.3 Å². The maximum absolute atomic E-state index is 12.5. The molecule has 0 fully saturated rings. The zero-order valence-electron chi connectivity index (χ0n) is 11.3. The first-order valence-corrected chi connectivity index (χ1v) is 6.39. The summed E-state index contributed by atoms with van der Waals surface area (Å²) in [6.07, 6.45) is 1.86. The van der Waals surface area contributed by atoms with Gasteiger partial charge in [0.05, 0.1) is 18.1 Å². The van der Waals surface area contributed by atoms with E-state index < -0.39 is 0 Å². The highest BCUT2D eigenvalue weighted by atomic mass is 16.2.